The minimum absolute atomic E-state index is 0.112. The summed E-state index contributed by atoms with van der Waals surface area (Å²) in [5.41, 5.74) is 3.49. The Kier molecular flexibility index (Phi) is 8.02. The van der Waals surface area contributed by atoms with Crippen LogP contribution in [0.15, 0.2) is 47.6 Å². The predicted molar refractivity (Wildman–Crippen MR) is 130 cm³/mol. The number of rotatable bonds is 9. The maximum absolute atomic E-state index is 12.8. The van der Waals surface area contributed by atoms with E-state index in [1.807, 2.05) is 47.4 Å². The molecule has 0 aliphatic carbocycles. The zero-order valence-electron chi connectivity index (χ0n) is 19.8. The molecular formula is C24H30N6O3S. The monoisotopic (exact) mass is 482 g/mol. The summed E-state index contributed by atoms with van der Waals surface area (Å²) in [5.74, 6) is 1.92. The number of methoxy groups -OCH3 is 2. The van der Waals surface area contributed by atoms with Crippen molar-refractivity contribution >= 4 is 17.7 Å². The molecule has 1 fully saturated rings. The molecule has 1 saturated heterocycles. The van der Waals surface area contributed by atoms with Gasteiger partial charge in [0, 0.05) is 32.7 Å². The van der Waals surface area contributed by atoms with Crippen LogP contribution in [0.5, 0.6) is 11.5 Å². The topological polar surface area (TPSA) is 85.6 Å². The van der Waals surface area contributed by atoms with Crippen molar-refractivity contribution in [2.24, 2.45) is 0 Å². The summed E-state index contributed by atoms with van der Waals surface area (Å²) in [6, 6.07) is 14.1. The Morgan fingerprint density at radius 3 is 2.41 bits per heavy atom. The second kappa shape index (κ2) is 11.3. The first-order chi connectivity index (χ1) is 16.6. The standard InChI is InChI=1S/C24H30N6O3S/c1-18-13-21(32-2)22(33-3)14-20(18)16-28-9-11-29(12-10-28)23(31)17-34-24-25-26-27-30(24)15-19-7-5-4-6-8-19/h4-8,13-14H,9-12,15-17H2,1-3H3. The van der Waals surface area contributed by atoms with Crippen molar-refractivity contribution in [3.8, 4) is 11.5 Å². The highest BCUT2D eigenvalue weighted by atomic mass is 32.2. The predicted octanol–water partition coefficient (Wildman–Crippen LogP) is 2.48. The molecule has 3 aromatic rings. The molecule has 1 aromatic heterocycles. The van der Waals surface area contributed by atoms with Crippen molar-refractivity contribution in [3.05, 3.63) is 59.2 Å². The fourth-order valence-electron chi connectivity index (χ4n) is 3.96. The van der Waals surface area contributed by atoms with Crippen molar-refractivity contribution in [1.82, 2.24) is 30.0 Å². The quantitative estimate of drug-likeness (QED) is 0.430. The van der Waals surface area contributed by atoms with Crippen LogP contribution >= 0.6 is 11.8 Å². The van der Waals surface area contributed by atoms with Gasteiger partial charge in [-0.3, -0.25) is 9.69 Å². The summed E-state index contributed by atoms with van der Waals surface area (Å²) in [6.07, 6.45) is 0. The van der Waals surface area contributed by atoms with E-state index < -0.39 is 0 Å². The van der Waals surface area contributed by atoms with Gasteiger partial charge in [-0.05, 0) is 46.2 Å². The SMILES string of the molecule is COc1cc(C)c(CN2CCN(C(=O)CSc3nnnn3Cc3ccccc3)CC2)cc1OC. The van der Waals surface area contributed by atoms with Crippen molar-refractivity contribution in [3.63, 3.8) is 0 Å². The molecule has 10 heteroatoms. The number of carbonyl (C=O) groups is 1. The fraction of sp³-hybridized carbons (Fsp3) is 0.417. The zero-order chi connectivity index (χ0) is 23.9. The van der Waals surface area contributed by atoms with E-state index in [2.05, 4.69) is 27.3 Å². The summed E-state index contributed by atoms with van der Waals surface area (Å²) in [5, 5.41) is 12.6. The lowest BCUT2D eigenvalue weighted by Crippen LogP contribution is -2.48. The van der Waals surface area contributed by atoms with Gasteiger partial charge in [0.1, 0.15) is 0 Å². The van der Waals surface area contributed by atoms with E-state index in [4.69, 9.17) is 9.47 Å². The molecule has 0 N–H and O–H groups in total. The zero-order valence-corrected chi connectivity index (χ0v) is 20.6. The number of ether oxygens (including phenoxy) is 2. The summed E-state index contributed by atoms with van der Waals surface area (Å²) in [6.45, 7) is 6.56. The van der Waals surface area contributed by atoms with Crippen LogP contribution in [-0.2, 0) is 17.9 Å². The van der Waals surface area contributed by atoms with Gasteiger partial charge in [0.2, 0.25) is 11.1 Å². The van der Waals surface area contributed by atoms with Crippen LogP contribution < -0.4 is 9.47 Å². The Balaban J connectivity index is 1.27. The van der Waals surface area contributed by atoms with E-state index in [0.29, 0.717) is 30.5 Å². The largest absolute Gasteiger partial charge is 0.493 e. The number of amides is 1. The van der Waals surface area contributed by atoms with Gasteiger partial charge in [-0.2, -0.15) is 0 Å². The molecule has 0 unspecified atom stereocenters. The van der Waals surface area contributed by atoms with Gasteiger partial charge in [0.15, 0.2) is 11.5 Å². The minimum atomic E-state index is 0.112. The highest BCUT2D eigenvalue weighted by Crippen LogP contribution is 2.31. The van der Waals surface area contributed by atoms with Gasteiger partial charge in [-0.1, -0.05) is 42.1 Å². The molecule has 180 valence electrons. The van der Waals surface area contributed by atoms with Crippen LogP contribution in [0, 0.1) is 6.92 Å². The third-order valence-electron chi connectivity index (χ3n) is 5.96. The average Bonchev–Trinajstić information content (AvgIpc) is 3.31. The number of hydrogen-bond donors (Lipinski definition) is 0. The molecular weight excluding hydrogens is 452 g/mol. The third kappa shape index (κ3) is 5.87. The van der Waals surface area contributed by atoms with Crippen molar-refractivity contribution in [1.29, 1.82) is 0 Å². The Bertz CT molecular complexity index is 1100. The number of piperazine rings is 1. The number of carbonyl (C=O) groups excluding carboxylic acids is 1. The number of nitrogens with zero attached hydrogens (tertiary/aromatic N) is 6. The summed E-state index contributed by atoms with van der Waals surface area (Å²) in [7, 11) is 3.30. The Labute approximate surface area is 204 Å². The van der Waals surface area contributed by atoms with E-state index in [1.165, 1.54) is 22.9 Å². The molecule has 0 saturated carbocycles. The molecule has 1 aliphatic rings. The number of aryl methyl sites for hydroxylation is 1. The lowest BCUT2D eigenvalue weighted by molar-refractivity contribution is -0.130. The van der Waals surface area contributed by atoms with E-state index in [9.17, 15) is 4.79 Å². The number of tetrazole rings is 1. The van der Waals surface area contributed by atoms with E-state index in [-0.39, 0.29) is 5.91 Å². The summed E-state index contributed by atoms with van der Waals surface area (Å²) >= 11 is 1.38. The van der Waals surface area contributed by atoms with Crippen LogP contribution in [0.3, 0.4) is 0 Å². The number of benzene rings is 2. The molecule has 4 rings (SSSR count). The number of hydrogen-bond acceptors (Lipinski definition) is 8. The van der Waals surface area contributed by atoms with E-state index in [1.54, 1.807) is 18.9 Å². The molecule has 0 atom stereocenters. The molecule has 0 radical (unpaired) electrons. The van der Waals surface area contributed by atoms with Crippen LogP contribution in [0.25, 0.3) is 0 Å². The van der Waals surface area contributed by atoms with Crippen molar-refractivity contribution in [2.45, 2.75) is 25.2 Å². The Hall–Kier alpha value is -3.11. The van der Waals surface area contributed by atoms with E-state index in [0.717, 1.165) is 36.7 Å². The highest BCUT2D eigenvalue weighted by molar-refractivity contribution is 7.99. The van der Waals surface area contributed by atoms with Crippen LogP contribution in [0.2, 0.25) is 0 Å². The van der Waals surface area contributed by atoms with Crippen molar-refractivity contribution < 1.29 is 14.3 Å². The second-order valence-electron chi connectivity index (χ2n) is 8.18. The first kappa shape index (κ1) is 24.0. The number of aromatic nitrogens is 4. The van der Waals surface area contributed by atoms with E-state index >= 15 is 0 Å². The molecule has 1 amide bonds. The molecule has 0 bridgehead atoms. The van der Waals surface area contributed by atoms with Gasteiger partial charge in [0.05, 0.1) is 26.5 Å². The van der Waals surface area contributed by atoms with Crippen molar-refractivity contribution in [2.75, 3.05) is 46.2 Å². The smallest absolute Gasteiger partial charge is 0.233 e. The summed E-state index contributed by atoms with van der Waals surface area (Å²) in [4.78, 5) is 17.1. The van der Waals surface area contributed by atoms with Gasteiger partial charge in [0.25, 0.3) is 0 Å². The lowest BCUT2D eigenvalue weighted by Gasteiger charge is -2.35. The van der Waals surface area contributed by atoms with Crippen LogP contribution in [0.4, 0.5) is 0 Å². The molecule has 0 spiro atoms. The minimum Gasteiger partial charge on any atom is -0.493 e. The molecule has 9 nitrogen and oxygen atoms in total. The first-order valence-electron chi connectivity index (χ1n) is 11.2. The lowest BCUT2D eigenvalue weighted by atomic mass is 10.1. The van der Waals surface area contributed by atoms with Gasteiger partial charge in [-0.25, -0.2) is 4.68 Å². The Morgan fingerprint density at radius 2 is 1.71 bits per heavy atom. The van der Waals surface area contributed by atoms with Gasteiger partial charge < -0.3 is 14.4 Å². The highest BCUT2D eigenvalue weighted by Gasteiger charge is 2.23. The average molecular weight is 483 g/mol. The van der Waals surface area contributed by atoms with Gasteiger partial charge in [-0.15, -0.1) is 5.10 Å². The maximum Gasteiger partial charge on any atom is 0.233 e. The Morgan fingerprint density at radius 1 is 1.00 bits per heavy atom. The van der Waals surface area contributed by atoms with Crippen LogP contribution in [-0.4, -0.2) is 82.1 Å². The second-order valence-corrected chi connectivity index (χ2v) is 9.13. The molecule has 34 heavy (non-hydrogen) atoms. The normalized spacial score (nSPS) is 14.3. The number of thioether (sulfide) groups is 1. The third-order valence-corrected chi connectivity index (χ3v) is 6.90. The maximum atomic E-state index is 12.8. The molecule has 2 aromatic carbocycles. The molecule has 2 heterocycles. The first-order valence-corrected chi connectivity index (χ1v) is 12.2. The van der Waals surface area contributed by atoms with Gasteiger partial charge >= 0.3 is 0 Å². The molecule has 1 aliphatic heterocycles. The summed E-state index contributed by atoms with van der Waals surface area (Å²) < 4.78 is 12.6. The van der Waals surface area contributed by atoms with Crippen LogP contribution in [0.1, 0.15) is 16.7 Å². The fourth-order valence-corrected chi connectivity index (χ4v) is 4.74.